The van der Waals surface area contributed by atoms with Gasteiger partial charge in [0, 0.05) is 5.75 Å². The predicted octanol–water partition coefficient (Wildman–Crippen LogP) is 3.68. The molecule has 0 aromatic carbocycles. The SMILES string of the molecule is Cc1nc(SCCCC(C)C)sc1C(=O)O. The van der Waals surface area contributed by atoms with Gasteiger partial charge in [0.15, 0.2) is 4.34 Å². The third-order valence-corrected chi connectivity index (χ3v) is 4.50. The van der Waals surface area contributed by atoms with E-state index in [0.29, 0.717) is 10.6 Å². The van der Waals surface area contributed by atoms with Crippen molar-refractivity contribution in [3.63, 3.8) is 0 Å². The molecule has 90 valence electrons. The van der Waals surface area contributed by atoms with E-state index in [1.807, 2.05) is 0 Å². The monoisotopic (exact) mass is 259 g/mol. The smallest absolute Gasteiger partial charge is 0.347 e. The van der Waals surface area contributed by atoms with Crippen molar-refractivity contribution in [1.82, 2.24) is 4.98 Å². The average Bonchev–Trinajstić information content (AvgIpc) is 2.54. The van der Waals surface area contributed by atoms with Gasteiger partial charge in [-0.3, -0.25) is 0 Å². The van der Waals surface area contributed by atoms with Crippen LogP contribution >= 0.6 is 23.1 Å². The zero-order chi connectivity index (χ0) is 12.1. The number of thioether (sulfide) groups is 1. The highest BCUT2D eigenvalue weighted by atomic mass is 32.2. The molecule has 1 aromatic heterocycles. The Balaban J connectivity index is 2.43. The van der Waals surface area contributed by atoms with E-state index >= 15 is 0 Å². The number of rotatable bonds is 6. The molecule has 0 amide bonds. The molecule has 0 bridgehead atoms. The van der Waals surface area contributed by atoms with Crippen LogP contribution in [0.3, 0.4) is 0 Å². The lowest BCUT2D eigenvalue weighted by Gasteiger charge is -2.01. The molecule has 1 N–H and O–H groups in total. The summed E-state index contributed by atoms with van der Waals surface area (Å²) in [7, 11) is 0. The zero-order valence-corrected chi connectivity index (χ0v) is 11.5. The summed E-state index contributed by atoms with van der Waals surface area (Å²) in [6.45, 7) is 6.17. The van der Waals surface area contributed by atoms with E-state index in [4.69, 9.17) is 5.11 Å². The van der Waals surface area contributed by atoms with E-state index in [1.54, 1.807) is 18.7 Å². The molecule has 0 spiro atoms. The van der Waals surface area contributed by atoms with Crippen LogP contribution in [0.1, 0.15) is 42.1 Å². The van der Waals surface area contributed by atoms with Crippen molar-refractivity contribution in [2.45, 2.75) is 38.0 Å². The molecule has 0 atom stereocenters. The van der Waals surface area contributed by atoms with Crippen molar-refractivity contribution in [1.29, 1.82) is 0 Å². The number of hydrogen-bond donors (Lipinski definition) is 1. The van der Waals surface area contributed by atoms with Crippen LogP contribution in [-0.2, 0) is 0 Å². The molecule has 0 aliphatic rings. The van der Waals surface area contributed by atoms with Gasteiger partial charge in [-0.05, 0) is 19.3 Å². The minimum Gasteiger partial charge on any atom is -0.477 e. The van der Waals surface area contributed by atoms with Gasteiger partial charge in [-0.2, -0.15) is 0 Å². The van der Waals surface area contributed by atoms with Crippen LogP contribution in [0.15, 0.2) is 4.34 Å². The Morgan fingerprint density at radius 2 is 2.25 bits per heavy atom. The number of carboxylic acids is 1. The van der Waals surface area contributed by atoms with E-state index in [2.05, 4.69) is 18.8 Å². The van der Waals surface area contributed by atoms with Gasteiger partial charge in [-0.15, -0.1) is 11.3 Å². The van der Waals surface area contributed by atoms with Gasteiger partial charge in [-0.25, -0.2) is 9.78 Å². The molecule has 0 saturated heterocycles. The van der Waals surface area contributed by atoms with Crippen LogP contribution in [-0.4, -0.2) is 21.8 Å². The lowest BCUT2D eigenvalue weighted by atomic mass is 10.1. The molecule has 0 radical (unpaired) electrons. The van der Waals surface area contributed by atoms with Gasteiger partial charge in [-0.1, -0.05) is 32.0 Å². The summed E-state index contributed by atoms with van der Waals surface area (Å²) < 4.78 is 0.874. The van der Waals surface area contributed by atoms with Crippen molar-refractivity contribution >= 4 is 29.1 Å². The maximum absolute atomic E-state index is 10.8. The molecular weight excluding hydrogens is 242 g/mol. The fourth-order valence-electron chi connectivity index (χ4n) is 1.28. The molecule has 5 heteroatoms. The first-order chi connectivity index (χ1) is 7.50. The highest BCUT2D eigenvalue weighted by Crippen LogP contribution is 2.28. The molecule has 1 heterocycles. The molecule has 0 unspecified atom stereocenters. The quantitative estimate of drug-likeness (QED) is 0.625. The Hall–Kier alpha value is -0.550. The van der Waals surface area contributed by atoms with Gasteiger partial charge in [0.25, 0.3) is 0 Å². The molecule has 0 saturated carbocycles. The second-order valence-electron chi connectivity index (χ2n) is 4.08. The topological polar surface area (TPSA) is 50.2 Å². The van der Waals surface area contributed by atoms with Gasteiger partial charge >= 0.3 is 5.97 Å². The highest BCUT2D eigenvalue weighted by Gasteiger charge is 2.13. The van der Waals surface area contributed by atoms with Crippen molar-refractivity contribution in [2.24, 2.45) is 5.92 Å². The number of aromatic carboxylic acids is 1. The Kier molecular flexibility index (Phi) is 5.28. The maximum Gasteiger partial charge on any atom is 0.347 e. The summed E-state index contributed by atoms with van der Waals surface area (Å²) in [6.07, 6.45) is 2.37. The first-order valence-corrected chi connectivity index (χ1v) is 7.14. The molecule has 0 aliphatic carbocycles. The predicted molar refractivity (Wildman–Crippen MR) is 68.6 cm³/mol. The Morgan fingerprint density at radius 3 is 2.75 bits per heavy atom. The van der Waals surface area contributed by atoms with E-state index in [9.17, 15) is 4.79 Å². The fraction of sp³-hybridized carbons (Fsp3) is 0.636. The number of hydrogen-bond acceptors (Lipinski definition) is 4. The van der Waals surface area contributed by atoms with E-state index < -0.39 is 5.97 Å². The zero-order valence-electron chi connectivity index (χ0n) is 9.82. The third-order valence-electron chi connectivity index (χ3n) is 2.12. The summed E-state index contributed by atoms with van der Waals surface area (Å²) >= 11 is 2.94. The largest absolute Gasteiger partial charge is 0.477 e. The summed E-state index contributed by atoms with van der Waals surface area (Å²) in [6, 6.07) is 0. The van der Waals surface area contributed by atoms with Gasteiger partial charge < -0.3 is 5.11 Å². The summed E-state index contributed by atoms with van der Waals surface area (Å²) in [5.41, 5.74) is 0.629. The number of carboxylic acid groups (broad SMARTS) is 1. The van der Waals surface area contributed by atoms with Crippen molar-refractivity contribution in [3.8, 4) is 0 Å². The first kappa shape index (κ1) is 13.5. The standard InChI is InChI=1S/C11H17NO2S2/c1-7(2)5-4-6-15-11-12-8(3)9(16-11)10(13)14/h7H,4-6H2,1-3H3,(H,13,14). The molecule has 3 nitrogen and oxygen atoms in total. The lowest BCUT2D eigenvalue weighted by molar-refractivity contribution is 0.0701. The van der Waals surface area contributed by atoms with Crippen LogP contribution in [0, 0.1) is 12.8 Å². The summed E-state index contributed by atoms with van der Waals surface area (Å²) in [5, 5.41) is 8.88. The van der Waals surface area contributed by atoms with Crippen LogP contribution in [0.5, 0.6) is 0 Å². The normalized spacial score (nSPS) is 11.0. The van der Waals surface area contributed by atoms with E-state index in [0.717, 1.165) is 22.4 Å². The minimum atomic E-state index is -0.871. The van der Waals surface area contributed by atoms with Crippen LogP contribution in [0.4, 0.5) is 0 Å². The Bertz CT molecular complexity index is 361. The second-order valence-corrected chi connectivity index (χ2v) is 6.43. The molecule has 0 aliphatic heterocycles. The van der Waals surface area contributed by atoms with Crippen molar-refractivity contribution in [3.05, 3.63) is 10.6 Å². The van der Waals surface area contributed by atoms with Crippen LogP contribution in [0.2, 0.25) is 0 Å². The van der Waals surface area contributed by atoms with Crippen LogP contribution < -0.4 is 0 Å². The van der Waals surface area contributed by atoms with Gasteiger partial charge in [0.2, 0.25) is 0 Å². The Morgan fingerprint density at radius 1 is 1.56 bits per heavy atom. The Labute approximate surface area is 104 Å². The molecule has 1 rings (SSSR count). The minimum absolute atomic E-state index is 0.367. The number of nitrogens with zero attached hydrogens (tertiary/aromatic N) is 1. The van der Waals surface area contributed by atoms with Gasteiger partial charge in [0.05, 0.1) is 5.69 Å². The van der Waals surface area contributed by atoms with E-state index in [-0.39, 0.29) is 0 Å². The van der Waals surface area contributed by atoms with Crippen molar-refractivity contribution in [2.75, 3.05) is 5.75 Å². The lowest BCUT2D eigenvalue weighted by Crippen LogP contribution is -1.94. The first-order valence-electron chi connectivity index (χ1n) is 5.34. The maximum atomic E-state index is 10.8. The summed E-state index contributed by atoms with van der Waals surface area (Å²) in [5.74, 6) is 0.877. The average molecular weight is 259 g/mol. The number of carbonyl (C=O) groups is 1. The molecule has 16 heavy (non-hydrogen) atoms. The highest BCUT2D eigenvalue weighted by molar-refractivity contribution is 8.01. The second kappa shape index (κ2) is 6.25. The number of aromatic nitrogens is 1. The van der Waals surface area contributed by atoms with Crippen LogP contribution in [0.25, 0.3) is 0 Å². The number of thiazole rings is 1. The fourth-order valence-corrected chi connectivity index (χ4v) is 3.34. The summed E-state index contributed by atoms with van der Waals surface area (Å²) in [4.78, 5) is 15.4. The van der Waals surface area contributed by atoms with Crippen molar-refractivity contribution < 1.29 is 9.90 Å². The number of aryl methyl sites for hydroxylation is 1. The molecular formula is C11H17NO2S2. The van der Waals surface area contributed by atoms with Gasteiger partial charge in [0.1, 0.15) is 4.88 Å². The van der Waals surface area contributed by atoms with E-state index in [1.165, 1.54) is 17.8 Å². The third kappa shape index (κ3) is 4.14. The molecule has 1 aromatic rings. The molecule has 0 fully saturated rings.